The Labute approximate surface area is 160 Å². The van der Waals surface area contributed by atoms with Gasteiger partial charge < -0.3 is 9.47 Å². The Morgan fingerprint density at radius 2 is 1.56 bits per heavy atom. The standard InChI is InChI=1S/C21H29NO5/c1-20(2,3)26-18(24)16-13-15(12-14-10-8-7-9-11-14)17(23)22(16)19(25)27-21(4,5)6/h7-11,15-16H,12-13H2,1-6H3/t15-,16+/m1/s1. The van der Waals surface area contributed by atoms with Crippen molar-refractivity contribution in [3.05, 3.63) is 35.9 Å². The molecule has 1 fully saturated rings. The molecule has 0 aromatic heterocycles. The highest BCUT2D eigenvalue weighted by atomic mass is 16.6. The van der Waals surface area contributed by atoms with E-state index in [9.17, 15) is 14.4 Å². The van der Waals surface area contributed by atoms with Gasteiger partial charge in [-0.15, -0.1) is 0 Å². The molecule has 2 atom stereocenters. The van der Waals surface area contributed by atoms with Gasteiger partial charge in [-0.05, 0) is 59.9 Å². The molecule has 0 bridgehead atoms. The van der Waals surface area contributed by atoms with Gasteiger partial charge in [-0.2, -0.15) is 0 Å². The molecule has 0 saturated carbocycles. The topological polar surface area (TPSA) is 72.9 Å². The number of nitrogens with zero attached hydrogens (tertiary/aromatic N) is 1. The Morgan fingerprint density at radius 3 is 2.07 bits per heavy atom. The highest BCUT2D eigenvalue weighted by molar-refractivity contribution is 6.00. The second kappa shape index (κ2) is 7.71. The predicted octanol–water partition coefficient (Wildman–Crippen LogP) is 3.72. The maximum absolute atomic E-state index is 12.9. The van der Waals surface area contributed by atoms with Gasteiger partial charge in [0.05, 0.1) is 0 Å². The summed E-state index contributed by atoms with van der Waals surface area (Å²) in [5.74, 6) is -1.46. The Morgan fingerprint density at radius 1 is 1.00 bits per heavy atom. The SMILES string of the molecule is CC(C)(C)OC(=O)[C@@H]1C[C@@H](Cc2ccccc2)C(=O)N1C(=O)OC(C)(C)C. The lowest BCUT2D eigenvalue weighted by atomic mass is 9.96. The molecular weight excluding hydrogens is 346 g/mol. The lowest BCUT2D eigenvalue weighted by molar-refractivity contribution is -0.161. The number of imide groups is 1. The fraction of sp³-hybridized carbons (Fsp3) is 0.571. The molecule has 1 aliphatic heterocycles. The molecule has 1 aliphatic rings. The second-order valence-electron chi connectivity index (χ2n) is 8.86. The smallest absolute Gasteiger partial charge is 0.417 e. The minimum Gasteiger partial charge on any atom is -0.458 e. The predicted molar refractivity (Wildman–Crippen MR) is 101 cm³/mol. The molecule has 148 valence electrons. The zero-order valence-corrected chi connectivity index (χ0v) is 16.9. The third-order valence-electron chi connectivity index (χ3n) is 4.00. The Kier molecular flexibility index (Phi) is 5.97. The number of carbonyl (C=O) groups is 3. The van der Waals surface area contributed by atoms with E-state index in [0.29, 0.717) is 6.42 Å². The molecule has 1 saturated heterocycles. The number of rotatable bonds is 3. The Balaban J connectivity index is 2.26. The normalized spacial score (nSPS) is 20.5. The lowest BCUT2D eigenvalue weighted by Crippen LogP contribution is -2.47. The zero-order valence-electron chi connectivity index (χ0n) is 16.9. The van der Waals surface area contributed by atoms with E-state index in [1.165, 1.54) is 0 Å². The van der Waals surface area contributed by atoms with Crippen LogP contribution in [0.3, 0.4) is 0 Å². The molecule has 2 rings (SSSR count). The van der Waals surface area contributed by atoms with E-state index in [2.05, 4.69) is 0 Å². The van der Waals surface area contributed by atoms with Gasteiger partial charge in [-0.1, -0.05) is 30.3 Å². The summed E-state index contributed by atoms with van der Waals surface area (Å²) >= 11 is 0. The third-order valence-corrected chi connectivity index (χ3v) is 4.00. The first-order chi connectivity index (χ1) is 12.4. The van der Waals surface area contributed by atoms with Crippen LogP contribution in [0.2, 0.25) is 0 Å². The number of esters is 1. The van der Waals surface area contributed by atoms with Crippen molar-refractivity contribution in [1.82, 2.24) is 4.90 Å². The van der Waals surface area contributed by atoms with Gasteiger partial charge >= 0.3 is 12.1 Å². The van der Waals surface area contributed by atoms with Crippen molar-refractivity contribution in [2.75, 3.05) is 0 Å². The number of likely N-dealkylation sites (tertiary alicyclic amines) is 1. The van der Waals surface area contributed by atoms with E-state index in [1.54, 1.807) is 41.5 Å². The van der Waals surface area contributed by atoms with Crippen molar-refractivity contribution in [2.45, 2.75) is 71.6 Å². The molecule has 1 aromatic rings. The highest BCUT2D eigenvalue weighted by Crippen LogP contribution is 2.31. The fourth-order valence-corrected chi connectivity index (χ4v) is 3.00. The van der Waals surface area contributed by atoms with E-state index >= 15 is 0 Å². The van der Waals surface area contributed by atoms with Crippen LogP contribution in [0.15, 0.2) is 30.3 Å². The number of ether oxygens (including phenoxy) is 2. The van der Waals surface area contributed by atoms with Crippen LogP contribution in [0.4, 0.5) is 4.79 Å². The molecule has 6 heteroatoms. The Hall–Kier alpha value is -2.37. The van der Waals surface area contributed by atoms with Crippen LogP contribution in [0, 0.1) is 5.92 Å². The Bertz CT molecular complexity index is 700. The molecule has 6 nitrogen and oxygen atoms in total. The molecule has 1 heterocycles. The van der Waals surface area contributed by atoms with Gasteiger partial charge in [0.2, 0.25) is 5.91 Å². The van der Waals surface area contributed by atoms with E-state index in [-0.39, 0.29) is 6.42 Å². The number of hydrogen-bond acceptors (Lipinski definition) is 5. The molecule has 0 unspecified atom stereocenters. The summed E-state index contributed by atoms with van der Waals surface area (Å²) in [4.78, 5) is 39.2. The molecule has 0 N–H and O–H groups in total. The van der Waals surface area contributed by atoms with E-state index in [0.717, 1.165) is 10.5 Å². The largest absolute Gasteiger partial charge is 0.458 e. The minimum absolute atomic E-state index is 0.224. The molecule has 2 amide bonds. The first kappa shape index (κ1) is 20.9. The molecule has 27 heavy (non-hydrogen) atoms. The van der Waals surface area contributed by atoms with Crippen LogP contribution in [0.5, 0.6) is 0 Å². The summed E-state index contributed by atoms with van der Waals surface area (Å²) in [5.41, 5.74) is -0.505. The monoisotopic (exact) mass is 375 g/mol. The molecule has 1 aromatic carbocycles. The van der Waals surface area contributed by atoms with Crippen molar-refractivity contribution in [3.63, 3.8) is 0 Å². The van der Waals surface area contributed by atoms with Gasteiger partial charge in [-0.25, -0.2) is 14.5 Å². The maximum atomic E-state index is 12.9. The lowest BCUT2D eigenvalue weighted by Gasteiger charge is -2.28. The number of amides is 2. The van der Waals surface area contributed by atoms with Crippen LogP contribution in [-0.2, 0) is 25.5 Å². The van der Waals surface area contributed by atoms with E-state index in [1.807, 2.05) is 30.3 Å². The summed E-state index contributed by atoms with van der Waals surface area (Å²) in [5, 5.41) is 0. The van der Waals surface area contributed by atoms with Gasteiger partial charge in [-0.3, -0.25) is 4.79 Å². The van der Waals surface area contributed by atoms with Gasteiger partial charge in [0.15, 0.2) is 0 Å². The summed E-state index contributed by atoms with van der Waals surface area (Å²) in [6, 6.07) is 8.56. The van der Waals surface area contributed by atoms with Crippen molar-refractivity contribution in [1.29, 1.82) is 0 Å². The van der Waals surface area contributed by atoms with Crippen molar-refractivity contribution < 1.29 is 23.9 Å². The summed E-state index contributed by atoms with van der Waals surface area (Å²) in [6.45, 7) is 10.4. The molecule has 0 spiro atoms. The molecule has 0 radical (unpaired) electrons. The average molecular weight is 375 g/mol. The second-order valence-corrected chi connectivity index (χ2v) is 8.86. The molecule has 0 aliphatic carbocycles. The van der Waals surface area contributed by atoms with Crippen molar-refractivity contribution in [3.8, 4) is 0 Å². The van der Waals surface area contributed by atoms with Crippen molar-refractivity contribution >= 4 is 18.0 Å². The summed E-state index contributed by atoms with van der Waals surface area (Å²) in [6.07, 6.45) is -0.126. The third kappa shape index (κ3) is 5.81. The van der Waals surface area contributed by atoms with E-state index < -0.39 is 41.1 Å². The van der Waals surface area contributed by atoms with E-state index in [4.69, 9.17) is 9.47 Å². The number of hydrogen-bond donors (Lipinski definition) is 0. The van der Waals surface area contributed by atoms with Crippen molar-refractivity contribution in [2.24, 2.45) is 5.92 Å². The van der Waals surface area contributed by atoms with Gasteiger partial charge in [0.1, 0.15) is 17.2 Å². The van der Waals surface area contributed by atoms with Crippen LogP contribution >= 0.6 is 0 Å². The van der Waals surface area contributed by atoms with Gasteiger partial charge in [0.25, 0.3) is 0 Å². The van der Waals surface area contributed by atoms with Crippen LogP contribution in [0.25, 0.3) is 0 Å². The van der Waals surface area contributed by atoms with Crippen LogP contribution < -0.4 is 0 Å². The summed E-state index contributed by atoms with van der Waals surface area (Å²) in [7, 11) is 0. The first-order valence-electron chi connectivity index (χ1n) is 9.20. The number of benzene rings is 1. The number of carbonyl (C=O) groups excluding carboxylic acids is 3. The quantitative estimate of drug-likeness (QED) is 0.753. The zero-order chi connectivity index (χ0) is 20.4. The minimum atomic E-state index is -0.972. The van der Waals surface area contributed by atoms with Gasteiger partial charge in [0, 0.05) is 5.92 Å². The fourth-order valence-electron chi connectivity index (χ4n) is 3.00. The van der Waals surface area contributed by atoms with Crippen LogP contribution in [-0.4, -0.2) is 40.1 Å². The molecular formula is C21H29NO5. The first-order valence-corrected chi connectivity index (χ1v) is 9.20. The highest BCUT2D eigenvalue weighted by Gasteiger charge is 2.49. The van der Waals surface area contributed by atoms with Crippen LogP contribution in [0.1, 0.15) is 53.5 Å². The average Bonchev–Trinajstić information content (AvgIpc) is 2.82. The maximum Gasteiger partial charge on any atom is 0.417 e. The summed E-state index contributed by atoms with van der Waals surface area (Å²) < 4.78 is 10.8.